The molecule has 4 aromatic rings. The second-order valence-electron chi connectivity index (χ2n) is 6.40. The van der Waals surface area contributed by atoms with E-state index in [0.717, 1.165) is 22.3 Å². The largest absolute Gasteiger partial charge is 0.506 e. The number of para-hydroxylation sites is 1. The molecule has 1 aromatic heterocycles. The van der Waals surface area contributed by atoms with Gasteiger partial charge in [-0.25, -0.2) is 4.98 Å². The minimum absolute atomic E-state index is 0.163. The molecule has 5 heteroatoms. The Balaban J connectivity index is 1.68. The summed E-state index contributed by atoms with van der Waals surface area (Å²) in [5.74, 6) is 1.35. The number of nitrogens with zero attached hydrogens (tertiary/aromatic N) is 2. The Morgan fingerprint density at radius 1 is 0.889 bits per heavy atom. The van der Waals surface area contributed by atoms with Crippen LogP contribution in [0.25, 0.3) is 10.9 Å². The number of phenolic OH excluding ortho intramolecular Hbond substituents is 1. The van der Waals surface area contributed by atoms with Gasteiger partial charge in [0.1, 0.15) is 11.6 Å². The molecule has 0 saturated heterocycles. The fraction of sp³-hybridized carbons (Fsp3) is 0.0909. The van der Waals surface area contributed by atoms with Gasteiger partial charge in [0.25, 0.3) is 0 Å². The van der Waals surface area contributed by atoms with Gasteiger partial charge in [0.05, 0.1) is 11.2 Å². The van der Waals surface area contributed by atoms with Crippen molar-refractivity contribution in [3.05, 3.63) is 83.9 Å². The van der Waals surface area contributed by atoms with E-state index in [1.165, 1.54) is 5.56 Å². The Hall–Kier alpha value is -3.60. The van der Waals surface area contributed by atoms with Crippen LogP contribution in [0.1, 0.15) is 11.1 Å². The van der Waals surface area contributed by atoms with E-state index in [4.69, 9.17) is 0 Å². The predicted molar refractivity (Wildman–Crippen MR) is 109 cm³/mol. The number of rotatable bonds is 5. The lowest BCUT2D eigenvalue weighted by molar-refractivity contribution is 0.477. The van der Waals surface area contributed by atoms with Crippen molar-refractivity contribution in [1.29, 1.82) is 0 Å². The third kappa shape index (κ3) is 3.82. The minimum atomic E-state index is 0.163. The van der Waals surface area contributed by atoms with Crippen LogP contribution in [0.5, 0.6) is 5.75 Å². The van der Waals surface area contributed by atoms with Crippen molar-refractivity contribution in [3.8, 4) is 5.75 Å². The van der Waals surface area contributed by atoms with Gasteiger partial charge in [-0.15, -0.1) is 0 Å². The van der Waals surface area contributed by atoms with Gasteiger partial charge in [-0.3, -0.25) is 0 Å². The van der Waals surface area contributed by atoms with Gasteiger partial charge in [-0.1, -0.05) is 48.5 Å². The molecule has 0 amide bonds. The van der Waals surface area contributed by atoms with Crippen LogP contribution in [0.15, 0.2) is 72.8 Å². The molecule has 0 spiro atoms. The number of aromatic hydroxyl groups is 1. The minimum Gasteiger partial charge on any atom is -0.506 e. The lowest BCUT2D eigenvalue weighted by Gasteiger charge is -2.13. The molecule has 0 aliphatic heterocycles. The second kappa shape index (κ2) is 7.33. The maximum absolute atomic E-state index is 10.1. The maximum atomic E-state index is 10.1. The highest BCUT2D eigenvalue weighted by Crippen LogP contribution is 2.28. The first-order chi connectivity index (χ1) is 13.2. The third-order valence-electron chi connectivity index (χ3n) is 4.30. The molecule has 0 radical (unpaired) electrons. The van der Waals surface area contributed by atoms with Crippen molar-refractivity contribution in [1.82, 2.24) is 9.97 Å². The quantitative estimate of drug-likeness (QED) is 0.439. The molecule has 3 N–H and O–H groups in total. The second-order valence-corrected chi connectivity index (χ2v) is 6.40. The Kier molecular flexibility index (Phi) is 4.58. The summed E-state index contributed by atoms with van der Waals surface area (Å²) in [5.41, 5.74) is 3.63. The van der Waals surface area contributed by atoms with Crippen LogP contribution < -0.4 is 10.6 Å². The average molecular weight is 356 g/mol. The van der Waals surface area contributed by atoms with Crippen molar-refractivity contribution in [2.45, 2.75) is 13.5 Å². The van der Waals surface area contributed by atoms with Gasteiger partial charge in [-0.2, -0.15) is 4.98 Å². The monoisotopic (exact) mass is 356 g/mol. The van der Waals surface area contributed by atoms with Crippen LogP contribution in [0.2, 0.25) is 0 Å². The first kappa shape index (κ1) is 16.8. The first-order valence-corrected chi connectivity index (χ1v) is 8.80. The number of hydrogen-bond acceptors (Lipinski definition) is 5. The van der Waals surface area contributed by atoms with E-state index in [1.54, 1.807) is 6.07 Å². The Morgan fingerprint density at radius 2 is 1.67 bits per heavy atom. The topological polar surface area (TPSA) is 70.1 Å². The lowest BCUT2D eigenvalue weighted by Crippen LogP contribution is -2.05. The number of aryl methyl sites for hydroxylation is 1. The predicted octanol–water partition coefficient (Wildman–Crippen LogP) is 5.00. The summed E-state index contributed by atoms with van der Waals surface area (Å²) >= 11 is 0. The molecule has 0 bridgehead atoms. The van der Waals surface area contributed by atoms with Gasteiger partial charge < -0.3 is 15.7 Å². The van der Waals surface area contributed by atoms with Crippen LogP contribution >= 0.6 is 0 Å². The highest BCUT2D eigenvalue weighted by atomic mass is 16.3. The van der Waals surface area contributed by atoms with E-state index in [-0.39, 0.29) is 5.75 Å². The number of benzene rings is 3. The van der Waals surface area contributed by atoms with Crippen molar-refractivity contribution < 1.29 is 5.11 Å². The van der Waals surface area contributed by atoms with Gasteiger partial charge in [-0.05, 0) is 42.3 Å². The van der Waals surface area contributed by atoms with Crippen molar-refractivity contribution in [3.63, 3.8) is 0 Å². The summed E-state index contributed by atoms with van der Waals surface area (Å²) in [6.45, 7) is 2.63. The summed E-state index contributed by atoms with van der Waals surface area (Å²) in [7, 11) is 0. The molecule has 0 atom stereocenters. The third-order valence-corrected chi connectivity index (χ3v) is 4.30. The fourth-order valence-corrected chi connectivity index (χ4v) is 2.92. The van der Waals surface area contributed by atoms with E-state index in [1.807, 2.05) is 61.5 Å². The normalized spacial score (nSPS) is 10.7. The van der Waals surface area contributed by atoms with Crippen LogP contribution in [-0.2, 0) is 6.54 Å². The van der Waals surface area contributed by atoms with E-state index in [0.29, 0.717) is 18.2 Å². The summed E-state index contributed by atoms with van der Waals surface area (Å²) in [5, 5.41) is 17.6. The fourth-order valence-electron chi connectivity index (χ4n) is 2.92. The molecule has 1 heterocycles. The molecule has 4 rings (SSSR count). The maximum Gasteiger partial charge on any atom is 0.229 e. The SMILES string of the molecule is Cc1ccc(O)c(Nc2nc(NCc3ccccc3)c3ccccc3n2)c1. The number of fused-ring (bicyclic) bond motifs is 1. The highest BCUT2D eigenvalue weighted by Gasteiger charge is 2.09. The molecule has 5 nitrogen and oxygen atoms in total. The molecular formula is C22H20N4O. The van der Waals surface area contributed by atoms with Crippen molar-refractivity contribution in [2.75, 3.05) is 10.6 Å². The standard InChI is InChI=1S/C22H20N4O/c1-15-11-12-20(27)19(13-15)25-22-24-18-10-6-5-9-17(18)21(26-22)23-14-16-7-3-2-4-8-16/h2-13,27H,14H2,1H3,(H2,23,24,25,26). The van der Waals surface area contributed by atoms with Gasteiger partial charge in [0.2, 0.25) is 5.95 Å². The summed E-state index contributed by atoms with van der Waals surface area (Å²) in [6, 6.07) is 23.4. The van der Waals surface area contributed by atoms with Crippen LogP contribution in [0, 0.1) is 6.92 Å². The van der Waals surface area contributed by atoms with Crippen LogP contribution in [-0.4, -0.2) is 15.1 Å². The van der Waals surface area contributed by atoms with E-state index in [9.17, 15) is 5.11 Å². The average Bonchev–Trinajstić information content (AvgIpc) is 2.70. The molecule has 0 saturated carbocycles. The van der Waals surface area contributed by atoms with Gasteiger partial charge >= 0.3 is 0 Å². The van der Waals surface area contributed by atoms with Gasteiger partial charge in [0, 0.05) is 11.9 Å². The molecular weight excluding hydrogens is 336 g/mol. The highest BCUT2D eigenvalue weighted by molar-refractivity contribution is 5.90. The number of anilines is 3. The molecule has 0 aliphatic rings. The van der Waals surface area contributed by atoms with E-state index in [2.05, 4.69) is 32.7 Å². The molecule has 0 aliphatic carbocycles. The zero-order valence-electron chi connectivity index (χ0n) is 15.0. The summed E-state index contributed by atoms with van der Waals surface area (Å²) in [4.78, 5) is 9.22. The number of nitrogens with one attached hydrogen (secondary N) is 2. The number of phenols is 1. The van der Waals surface area contributed by atoms with Gasteiger partial charge in [0.15, 0.2) is 0 Å². The van der Waals surface area contributed by atoms with E-state index < -0.39 is 0 Å². The first-order valence-electron chi connectivity index (χ1n) is 8.80. The Labute approximate surface area is 157 Å². The number of hydrogen-bond donors (Lipinski definition) is 3. The molecule has 134 valence electrons. The van der Waals surface area contributed by atoms with E-state index >= 15 is 0 Å². The Bertz CT molecular complexity index is 1080. The summed E-state index contributed by atoms with van der Waals surface area (Å²) < 4.78 is 0. The van der Waals surface area contributed by atoms with Crippen molar-refractivity contribution in [2.24, 2.45) is 0 Å². The Morgan fingerprint density at radius 3 is 2.52 bits per heavy atom. The lowest BCUT2D eigenvalue weighted by atomic mass is 10.2. The zero-order chi connectivity index (χ0) is 18.6. The van der Waals surface area contributed by atoms with Crippen LogP contribution in [0.3, 0.4) is 0 Å². The molecule has 0 unspecified atom stereocenters. The smallest absolute Gasteiger partial charge is 0.229 e. The van der Waals surface area contributed by atoms with Crippen LogP contribution in [0.4, 0.5) is 17.5 Å². The van der Waals surface area contributed by atoms with Crippen molar-refractivity contribution >= 4 is 28.4 Å². The number of aromatic nitrogens is 2. The molecule has 27 heavy (non-hydrogen) atoms. The summed E-state index contributed by atoms with van der Waals surface area (Å²) in [6.07, 6.45) is 0. The zero-order valence-corrected chi connectivity index (χ0v) is 15.0. The molecule has 3 aromatic carbocycles. The molecule has 0 fully saturated rings.